The van der Waals surface area contributed by atoms with E-state index in [9.17, 15) is 14.4 Å². The second-order valence-corrected chi connectivity index (χ2v) is 16.5. The number of esters is 3. The van der Waals surface area contributed by atoms with Crippen molar-refractivity contribution in [1.82, 2.24) is 0 Å². The minimum atomic E-state index is -0.800. The molecule has 0 amide bonds. The van der Waals surface area contributed by atoms with Gasteiger partial charge in [-0.1, -0.05) is 209 Å². The molecule has 0 saturated carbocycles. The third-order valence-corrected chi connectivity index (χ3v) is 10.5. The van der Waals surface area contributed by atoms with Gasteiger partial charge in [0.25, 0.3) is 0 Å². The fraction of sp³-hybridized carbons (Fsp3) is 0.691. The first-order valence-corrected chi connectivity index (χ1v) is 25.2. The largest absolute Gasteiger partial charge is 0.462 e. The Morgan fingerprint density at radius 2 is 0.672 bits per heavy atom. The quantitative estimate of drug-likeness (QED) is 0.0200. The zero-order chi connectivity index (χ0) is 44.4. The van der Waals surface area contributed by atoms with Crippen molar-refractivity contribution in [3.8, 4) is 0 Å². The summed E-state index contributed by atoms with van der Waals surface area (Å²) in [5.41, 5.74) is 0. The molecule has 0 aliphatic carbocycles. The van der Waals surface area contributed by atoms with Gasteiger partial charge in [0.15, 0.2) is 6.10 Å². The Hall–Kier alpha value is -3.41. The van der Waals surface area contributed by atoms with E-state index in [1.54, 1.807) is 0 Å². The van der Waals surface area contributed by atoms with E-state index in [-0.39, 0.29) is 31.1 Å². The van der Waals surface area contributed by atoms with Gasteiger partial charge in [-0.2, -0.15) is 0 Å². The highest BCUT2D eigenvalue weighted by Gasteiger charge is 2.19. The zero-order valence-corrected chi connectivity index (χ0v) is 39.7. The molecular weight excluding hydrogens is 757 g/mol. The van der Waals surface area contributed by atoms with Crippen LogP contribution in [0.25, 0.3) is 0 Å². The molecule has 0 saturated heterocycles. The van der Waals surface area contributed by atoms with Gasteiger partial charge in [-0.15, -0.1) is 0 Å². The van der Waals surface area contributed by atoms with E-state index in [2.05, 4.69) is 81.5 Å². The van der Waals surface area contributed by atoms with Gasteiger partial charge >= 0.3 is 17.9 Å². The van der Waals surface area contributed by atoms with Crippen LogP contribution in [-0.2, 0) is 28.6 Å². The van der Waals surface area contributed by atoms with Gasteiger partial charge in [0, 0.05) is 19.3 Å². The number of hydrogen-bond acceptors (Lipinski definition) is 6. The van der Waals surface area contributed by atoms with Crippen molar-refractivity contribution >= 4 is 17.9 Å². The van der Waals surface area contributed by atoms with Crippen LogP contribution in [0.15, 0.2) is 85.1 Å². The Labute approximate surface area is 375 Å². The number of carbonyl (C=O) groups is 3. The number of rotatable bonds is 44. The highest BCUT2D eigenvalue weighted by Crippen LogP contribution is 2.14. The van der Waals surface area contributed by atoms with Gasteiger partial charge in [0.1, 0.15) is 13.2 Å². The average molecular weight is 849 g/mol. The van der Waals surface area contributed by atoms with Crippen LogP contribution >= 0.6 is 0 Å². The molecule has 0 fully saturated rings. The van der Waals surface area contributed by atoms with Crippen molar-refractivity contribution < 1.29 is 28.6 Å². The average Bonchev–Trinajstić information content (AvgIpc) is 3.26. The van der Waals surface area contributed by atoms with Crippen LogP contribution in [0.4, 0.5) is 0 Å². The number of ether oxygens (including phenoxy) is 3. The number of allylic oxidation sites excluding steroid dienone is 14. The minimum Gasteiger partial charge on any atom is -0.462 e. The fourth-order valence-corrected chi connectivity index (χ4v) is 6.68. The van der Waals surface area contributed by atoms with E-state index < -0.39 is 6.10 Å². The molecule has 0 rings (SSSR count). The monoisotopic (exact) mass is 849 g/mol. The van der Waals surface area contributed by atoms with Crippen LogP contribution in [0, 0.1) is 0 Å². The molecular formula is C55H92O6. The normalized spacial score (nSPS) is 12.8. The van der Waals surface area contributed by atoms with E-state index in [1.165, 1.54) is 103 Å². The smallest absolute Gasteiger partial charge is 0.306 e. The maximum absolute atomic E-state index is 12.8. The van der Waals surface area contributed by atoms with Gasteiger partial charge in [-0.05, 0) is 83.5 Å². The molecule has 6 heteroatoms. The van der Waals surface area contributed by atoms with Crippen LogP contribution in [0.5, 0.6) is 0 Å². The highest BCUT2D eigenvalue weighted by atomic mass is 16.6. The molecule has 1 atom stereocenters. The van der Waals surface area contributed by atoms with E-state index >= 15 is 0 Å². The molecule has 0 aliphatic heterocycles. The molecule has 0 radical (unpaired) electrons. The summed E-state index contributed by atoms with van der Waals surface area (Å²) in [5.74, 6) is -0.964. The zero-order valence-electron chi connectivity index (χ0n) is 39.7. The van der Waals surface area contributed by atoms with Gasteiger partial charge in [-0.3, -0.25) is 14.4 Å². The summed E-state index contributed by atoms with van der Waals surface area (Å²) in [7, 11) is 0. The second kappa shape index (κ2) is 49.2. The number of carbonyl (C=O) groups excluding carboxylic acids is 3. The van der Waals surface area contributed by atoms with Crippen LogP contribution in [-0.4, -0.2) is 37.2 Å². The number of unbranched alkanes of at least 4 members (excludes halogenated alkanes) is 23. The summed E-state index contributed by atoms with van der Waals surface area (Å²) < 4.78 is 16.7. The minimum absolute atomic E-state index is 0.0972. The first kappa shape index (κ1) is 57.6. The molecule has 1 unspecified atom stereocenters. The topological polar surface area (TPSA) is 78.9 Å². The molecule has 0 spiro atoms. The van der Waals surface area contributed by atoms with E-state index in [0.29, 0.717) is 25.7 Å². The molecule has 348 valence electrons. The Morgan fingerprint density at radius 1 is 0.344 bits per heavy atom. The van der Waals surface area contributed by atoms with Crippen molar-refractivity contribution in [2.24, 2.45) is 0 Å². The standard InChI is InChI=1S/C55H92O6/c1-4-7-10-13-16-19-21-23-25-26-27-28-30-31-33-36-39-42-45-48-54(57)60-51-52(50-59-53(56)47-44-41-38-35-18-15-12-9-6-3)61-55(58)49-46-43-40-37-34-32-29-24-22-20-17-14-11-8-5-2/h8,11,14,16-17,19-24,29,35,38,52H,4-7,9-10,12-13,15,18,25-28,30-34,36-37,39-51H2,1-3H3/b11-8-,17-14-,19-16-,22-20-,23-21-,29-24-,38-35-. The molecule has 0 aromatic heterocycles. The third kappa shape index (κ3) is 47.5. The van der Waals surface area contributed by atoms with E-state index in [4.69, 9.17) is 14.2 Å². The predicted octanol–water partition coefficient (Wildman–Crippen LogP) is 16.4. The number of hydrogen-bond donors (Lipinski definition) is 0. The lowest BCUT2D eigenvalue weighted by molar-refractivity contribution is -0.167. The van der Waals surface area contributed by atoms with Crippen LogP contribution in [0.1, 0.15) is 226 Å². The van der Waals surface area contributed by atoms with Gasteiger partial charge in [0.05, 0.1) is 0 Å². The van der Waals surface area contributed by atoms with Crippen LogP contribution in [0.2, 0.25) is 0 Å². The lowest BCUT2D eigenvalue weighted by Gasteiger charge is -2.18. The molecule has 61 heavy (non-hydrogen) atoms. The van der Waals surface area contributed by atoms with E-state index in [0.717, 1.165) is 77.0 Å². The lowest BCUT2D eigenvalue weighted by atomic mass is 10.1. The summed E-state index contributed by atoms with van der Waals surface area (Å²) >= 11 is 0. The Bertz CT molecular complexity index is 1200. The first-order chi connectivity index (χ1) is 30.0. The van der Waals surface area contributed by atoms with Crippen molar-refractivity contribution in [1.29, 1.82) is 0 Å². The van der Waals surface area contributed by atoms with Gasteiger partial charge < -0.3 is 14.2 Å². The fourth-order valence-electron chi connectivity index (χ4n) is 6.68. The van der Waals surface area contributed by atoms with Crippen molar-refractivity contribution in [3.05, 3.63) is 85.1 Å². The summed E-state index contributed by atoms with van der Waals surface area (Å²) in [6, 6.07) is 0. The van der Waals surface area contributed by atoms with Gasteiger partial charge in [-0.25, -0.2) is 0 Å². The second-order valence-electron chi connectivity index (χ2n) is 16.5. The van der Waals surface area contributed by atoms with Crippen LogP contribution in [0.3, 0.4) is 0 Å². The lowest BCUT2D eigenvalue weighted by Crippen LogP contribution is -2.30. The third-order valence-electron chi connectivity index (χ3n) is 10.5. The summed E-state index contributed by atoms with van der Waals surface area (Å²) in [4.78, 5) is 37.8. The molecule has 0 N–H and O–H groups in total. The maximum Gasteiger partial charge on any atom is 0.306 e. The first-order valence-electron chi connectivity index (χ1n) is 25.2. The highest BCUT2D eigenvalue weighted by molar-refractivity contribution is 5.71. The van der Waals surface area contributed by atoms with Gasteiger partial charge in [0.2, 0.25) is 0 Å². The summed E-state index contributed by atoms with van der Waals surface area (Å²) in [5, 5.41) is 0. The summed E-state index contributed by atoms with van der Waals surface area (Å²) in [6.45, 7) is 6.38. The molecule has 0 aliphatic rings. The molecule has 0 aromatic rings. The van der Waals surface area contributed by atoms with Crippen LogP contribution < -0.4 is 0 Å². The molecule has 0 aromatic carbocycles. The summed E-state index contributed by atoms with van der Waals surface area (Å²) in [6.07, 6.45) is 62.9. The maximum atomic E-state index is 12.8. The Balaban J connectivity index is 4.37. The SMILES string of the molecule is CC\C=C/C=C\C=C/C=C\CCCCCCCC(=O)OC(COC(=O)CCC/C=C\CCCCCC)COC(=O)CCCCCCCCCCCC/C=C\C=C/CCCCC. The van der Waals surface area contributed by atoms with Crippen molar-refractivity contribution in [2.75, 3.05) is 13.2 Å². The Kier molecular flexibility index (Phi) is 46.5. The molecule has 0 bridgehead atoms. The van der Waals surface area contributed by atoms with Crippen molar-refractivity contribution in [3.63, 3.8) is 0 Å². The molecule has 0 heterocycles. The van der Waals surface area contributed by atoms with Crippen molar-refractivity contribution in [2.45, 2.75) is 232 Å². The van der Waals surface area contributed by atoms with E-state index in [1.807, 2.05) is 24.3 Å². The predicted molar refractivity (Wildman–Crippen MR) is 261 cm³/mol. The Morgan fingerprint density at radius 3 is 1.16 bits per heavy atom. The molecule has 6 nitrogen and oxygen atoms in total.